The fourth-order valence-electron chi connectivity index (χ4n) is 0. The van der Waals surface area contributed by atoms with E-state index in [9.17, 15) is 0 Å². The second-order valence-electron chi connectivity index (χ2n) is 0.0583. The third-order valence-corrected chi connectivity index (χ3v) is 0. The van der Waals surface area contributed by atoms with Crippen LogP contribution in [0.2, 0.25) is 0 Å². The zero-order valence-electron chi connectivity index (χ0n) is 1.96. The molecule has 0 aromatic carbocycles. The average molecular weight is 291 g/mol. The largest absolute Gasteiger partial charge is 0.0209 e. The van der Waals surface area contributed by atoms with Gasteiger partial charge < -0.3 is 0 Å². The van der Waals surface area contributed by atoms with Crippen molar-refractivity contribution in [3.05, 3.63) is 0 Å². The minimum Gasteiger partial charge on any atom is -0.0104 e. The molecule has 0 saturated carbocycles. The van der Waals surface area contributed by atoms with Gasteiger partial charge in [-0.1, -0.05) is 0 Å². The van der Waals surface area contributed by atoms with Crippen LogP contribution in [-0.2, 0) is 44.6 Å². The van der Waals surface area contributed by atoms with Crippen LogP contribution in [0.1, 0.15) is 0 Å². The molecule has 0 unspecified atom stereocenters. The van der Waals surface area contributed by atoms with E-state index in [1.807, 2.05) is 0 Å². The van der Waals surface area contributed by atoms with Gasteiger partial charge in [-0.3, -0.25) is 0 Å². The van der Waals surface area contributed by atoms with Gasteiger partial charge in [-0.15, -0.1) is 0 Å². The van der Waals surface area contributed by atoms with Gasteiger partial charge in [0.05, 0.1) is 0 Å². The van der Waals surface area contributed by atoms with Crippen LogP contribution in [0.4, 0.5) is 9.05 Å². The molecule has 0 fully saturated rings. The number of hydrogen-bond donors (Lipinski definition) is 0. The van der Waals surface area contributed by atoms with Gasteiger partial charge in [0.2, 0.25) is 0 Å². The molecule has 0 N–H and O–H groups in total. The summed E-state index contributed by atoms with van der Waals surface area (Å²) in [6.45, 7) is 0. The van der Waals surface area contributed by atoms with Crippen molar-refractivity contribution in [1.82, 2.24) is 0 Å². The van der Waals surface area contributed by atoms with Crippen molar-refractivity contribution in [1.29, 1.82) is 0 Å². The van der Waals surface area contributed by atoms with E-state index in [-0.39, 0.29) is 39.4 Å². The van der Waals surface area contributed by atoms with E-state index in [2.05, 4.69) is 0 Å². The third-order valence-electron chi connectivity index (χ3n) is 0. The zero-order chi connectivity index (χ0) is 2.71. The fourth-order valence-corrected chi connectivity index (χ4v) is 0. The topological polar surface area (TPSA) is 9.23 Å². The van der Waals surface area contributed by atoms with Crippen LogP contribution in [0.3, 0.4) is 0 Å². The van der Waals surface area contributed by atoms with Crippen molar-refractivity contribution in [2.24, 2.45) is 0 Å². The van der Waals surface area contributed by atoms with Gasteiger partial charge >= 0.3 is 0 Å². The maximum atomic E-state index is 9.12. The molecule has 5 heteroatoms. The Morgan fingerprint density at radius 3 is 1.20 bits per heavy atom. The number of rotatable bonds is 0. The first-order valence-electron chi connectivity index (χ1n) is 0.309. The minimum atomic E-state index is 0. The van der Waals surface area contributed by atoms with Gasteiger partial charge in [0, 0.05) is 44.6 Å². The first kappa shape index (κ1) is 16.5. The molecule has 0 atom stereocenters. The van der Waals surface area contributed by atoms with E-state index in [1.165, 1.54) is 5.15 Å². The molecule has 0 aliphatic carbocycles. The normalized spacial score (nSPS) is 3.60. The van der Waals surface area contributed by atoms with E-state index in [0.717, 1.165) is 0 Å². The summed E-state index contributed by atoms with van der Waals surface area (Å²) in [5.74, 6) is 0. The van der Waals surface area contributed by atoms with Crippen LogP contribution >= 0.6 is 0 Å². The second kappa shape index (κ2) is 19.5. The van der Waals surface area contributed by atoms with Gasteiger partial charge in [-0.05, 0) is 9.05 Å². The Labute approximate surface area is 53.8 Å². The maximum absolute atomic E-state index is 9.12. The van der Waals surface area contributed by atoms with Gasteiger partial charge in [-0.2, -0.15) is 0 Å². The first-order valence-corrected chi connectivity index (χ1v) is 0.309. The summed E-state index contributed by atoms with van der Waals surface area (Å²) in [4.78, 5) is 0. The quantitative estimate of drug-likeness (QED) is 0.599. The molecule has 0 heterocycles. The molecule has 0 aliphatic heterocycles. The van der Waals surface area contributed by atoms with Crippen LogP contribution in [0.25, 0.3) is 0 Å². The summed E-state index contributed by atoms with van der Waals surface area (Å²) < 4.78 is 18.2. The molecular formula is F2FeOTa. The van der Waals surface area contributed by atoms with Crippen molar-refractivity contribution in [3.63, 3.8) is 0 Å². The van der Waals surface area contributed by atoms with Crippen molar-refractivity contribution in [2.75, 3.05) is 0 Å². The molecule has 0 spiro atoms. The Morgan fingerprint density at radius 2 is 1.20 bits per heavy atom. The minimum absolute atomic E-state index is 0. The summed E-state index contributed by atoms with van der Waals surface area (Å²) in [5, 5.41) is 1.25. The Balaban J connectivity index is -0.0000000200. The van der Waals surface area contributed by atoms with Gasteiger partial charge in [0.15, 0.2) is 0 Å². The van der Waals surface area contributed by atoms with Crippen molar-refractivity contribution < 1.29 is 53.6 Å². The molecule has 1 radical (unpaired) electrons. The van der Waals surface area contributed by atoms with E-state index in [4.69, 9.17) is 9.05 Å². The monoisotopic (exact) mass is 291 g/mol. The molecule has 1 nitrogen and oxygen atoms in total. The van der Waals surface area contributed by atoms with E-state index < -0.39 is 0 Å². The SMILES string of the molecule is FOF.[Fe].[Ta]. The van der Waals surface area contributed by atoms with Crippen molar-refractivity contribution in [2.45, 2.75) is 0 Å². The fraction of sp³-hybridized carbons (Fsp3) is 0. The number of halogens is 2. The molecule has 0 aromatic heterocycles. The molecule has 0 amide bonds. The van der Waals surface area contributed by atoms with Crippen molar-refractivity contribution >= 4 is 0 Å². The Bertz CT molecular complexity index is 9.61. The predicted molar refractivity (Wildman–Crippen MR) is 3.30 cm³/mol. The molecule has 0 rings (SSSR count). The molecule has 0 saturated heterocycles. The number of hydrogen-bond acceptors (Lipinski definition) is 1. The summed E-state index contributed by atoms with van der Waals surface area (Å²) in [6, 6.07) is 0. The van der Waals surface area contributed by atoms with E-state index in [0.29, 0.717) is 0 Å². The average Bonchev–Trinajstić information content (AvgIpc) is 0.918. The third kappa shape index (κ3) is 41.3. The summed E-state index contributed by atoms with van der Waals surface area (Å²) in [7, 11) is 0. The molecule has 5 heavy (non-hydrogen) atoms. The molecule has 0 aliphatic rings. The molecule has 33 valence electrons. The van der Waals surface area contributed by atoms with Crippen LogP contribution in [0.5, 0.6) is 0 Å². The molecule has 0 aromatic rings. The second-order valence-corrected chi connectivity index (χ2v) is 0.0583. The molecular weight excluding hydrogens is 291 g/mol. The van der Waals surface area contributed by atoms with Gasteiger partial charge in [0.1, 0.15) is 0 Å². The van der Waals surface area contributed by atoms with Crippen LogP contribution in [-0.4, -0.2) is 0 Å². The van der Waals surface area contributed by atoms with Gasteiger partial charge in [0.25, 0.3) is 0 Å². The van der Waals surface area contributed by atoms with Crippen LogP contribution in [0.15, 0.2) is 0 Å². The van der Waals surface area contributed by atoms with Crippen LogP contribution in [0, 0.1) is 0 Å². The predicted octanol–water partition coefficient (Wildman–Crippen LogP) is 0.767. The maximum Gasteiger partial charge on any atom is 0.0209 e. The smallest absolute Gasteiger partial charge is 0.0104 e. The van der Waals surface area contributed by atoms with Crippen molar-refractivity contribution in [3.8, 4) is 0 Å². The molecule has 0 bridgehead atoms. The Morgan fingerprint density at radius 1 is 1.20 bits per heavy atom. The standard InChI is InChI=1S/F2O.Fe.Ta/c1-3-2;;. The Kier molecular flexibility index (Phi) is 64.7. The summed E-state index contributed by atoms with van der Waals surface area (Å²) in [6.07, 6.45) is 0. The Hall–Kier alpha value is 1.08. The zero-order valence-corrected chi connectivity index (χ0v) is 6.28. The summed E-state index contributed by atoms with van der Waals surface area (Å²) in [5.41, 5.74) is 0. The van der Waals surface area contributed by atoms with Gasteiger partial charge in [-0.25, -0.2) is 0 Å². The van der Waals surface area contributed by atoms with E-state index >= 15 is 0 Å². The van der Waals surface area contributed by atoms with Crippen LogP contribution < -0.4 is 0 Å². The van der Waals surface area contributed by atoms with E-state index in [1.54, 1.807) is 0 Å². The summed E-state index contributed by atoms with van der Waals surface area (Å²) >= 11 is 0. The first-order chi connectivity index (χ1) is 1.41.